The molecule has 0 aromatic heterocycles. The lowest BCUT2D eigenvalue weighted by Crippen LogP contribution is -2.26. The molecule has 2 N–H and O–H groups in total. The molecule has 2 aliphatic carbocycles. The molecule has 1 fully saturated rings. The maximum absolute atomic E-state index is 11.7. The summed E-state index contributed by atoms with van der Waals surface area (Å²) < 4.78 is 0. The van der Waals surface area contributed by atoms with Gasteiger partial charge in [0.1, 0.15) is 0 Å². The predicted molar refractivity (Wildman–Crippen MR) is 107 cm³/mol. The molecule has 4 nitrogen and oxygen atoms in total. The summed E-state index contributed by atoms with van der Waals surface area (Å²) in [6.45, 7) is 2.03. The number of carbonyl (C=O) groups excluding carboxylic acids is 1. The van der Waals surface area contributed by atoms with Gasteiger partial charge in [0.05, 0.1) is 12.2 Å². The van der Waals surface area contributed by atoms with Gasteiger partial charge in [-0.25, -0.2) is 0 Å². The van der Waals surface area contributed by atoms with Crippen LogP contribution in [-0.4, -0.2) is 41.2 Å². The topological polar surface area (TPSA) is 60.8 Å². The minimum Gasteiger partial charge on any atom is -0.393 e. The Balaban J connectivity index is 1.56. The van der Waals surface area contributed by atoms with Crippen molar-refractivity contribution in [2.45, 2.75) is 57.7 Å². The average molecular weight is 372 g/mol. The lowest BCUT2D eigenvalue weighted by molar-refractivity contribution is -0.128. The van der Waals surface area contributed by atoms with E-state index in [1.54, 1.807) is 19.0 Å². The molecule has 1 aromatic carbocycles. The van der Waals surface area contributed by atoms with Crippen LogP contribution in [0.2, 0.25) is 0 Å². The molecule has 27 heavy (non-hydrogen) atoms. The van der Waals surface area contributed by atoms with Crippen molar-refractivity contribution in [1.82, 2.24) is 4.90 Å². The third-order valence-corrected chi connectivity index (χ3v) is 6.34. The number of carbonyl (C=O) groups is 1. The molecule has 0 bridgehead atoms. The summed E-state index contributed by atoms with van der Waals surface area (Å²) in [6.07, 6.45) is 6.59. The maximum atomic E-state index is 11.7. The van der Waals surface area contributed by atoms with E-state index >= 15 is 0 Å². The van der Waals surface area contributed by atoms with Crippen molar-refractivity contribution in [3.05, 3.63) is 47.0 Å². The van der Waals surface area contributed by atoms with E-state index in [1.807, 2.05) is 31.2 Å². The van der Waals surface area contributed by atoms with Crippen LogP contribution in [0.15, 0.2) is 35.9 Å². The number of nitrogens with zero attached hydrogens (tertiary/aromatic N) is 1. The Morgan fingerprint density at radius 2 is 2.07 bits per heavy atom. The second kappa shape index (κ2) is 8.57. The molecule has 0 unspecified atom stereocenters. The molecule has 0 saturated heterocycles. The summed E-state index contributed by atoms with van der Waals surface area (Å²) in [4.78, 5) is 13.3. The molecule has 0 aliphatic heterocycles. The van der Waals surface area contributed by atoms with Gasteiger partial charge in [0.25, 0.3) is 0 Å². The zero-order valence-electron chi connectivity index (χ0n) is 16.8. The van der Waals surface area contributed by atoms with Gasteiger partial charge in [0, 0.05) is 26.4 Å². The fourth-order valence-electron chi connectivity index (χ4n) is 4.89. The highest BCUT2D eigenvalue weighted by atomic mass is 16.3. The highest BCUT2D eigenvalue weighted by molar-refractivity contribution is 5.75. The van der Waals surface area contributed by atoms with Gasteiger partial charge >= 0.3 is 0 Å². The highest BCUT2D eigenvalue weighted by Crippen LogP contribution is 2.51. The van der Waals surface area contributed by atoms with Crippen LogP contribution in [0.5, 0.6) is 0 Å². The van der Waals surface area contributed by atoms with E-state index in [-0.39, 0.29) is 11.8 Å². The lowest BCUT2D eigenvalue weighted by atomic mass is 9.82. The Morgan fingerprint density at radius 3 is 2.78 bits per heavy atom. The Kier molecular flexibility index (Phi) is 6.38. The molecule has 4 heteroatoms. The van der Waals surface area contributed by atoms with Gasteiger partial charge in [-0.2, -0.15) is 0 Å². The summed E-state index contributed by atoms with van der Waals surface area (Å²) in [5.41, 5.74) is 3.49. The monoisotopic (exact) mass is 371 g/mol. The molecule has 148 valence electrons. The van der Waals surface area contributed by atoms with Crippen LogP contribution >= 0.6 is 0 Å². The predicted octanol–water partition coefficient (Wildman–Crippen LogP) is 3.62. The maximum Gasteiger partial charge on any atom is 0.222 e. The Bertz CT molecular complexity index is 697. The number of unbranched alkanes of at least 4 members (excludes halogenated alkanes) is 1. The summed E-state index contributed by atoms with van der Waals surface area (Å²) in [5, 5.41) is 21.5. The third kappa shape index (κ3) is 4.61. The largest absolute Gasteiger partial charge is 0.393 e. The SMILES string of the molecule is Cc1cccc([C@@H](O)[C@@H]2[C@H]3CC(CCCCC(=O)N(C)C)=C[C@H]3C[C@H]2O)c1. The Labute approximate surface area is 162 Å². The molecular formula is C23H33NO3. The zero-order chi connectivity index (χ0) is 19.6. The lowest BCUT2D eigenvalue weighted by Gasteiger charge is -2.27. The number of aryl methyl sites for hydroxylation is 1. The van der Waals surface area contributed by atoms with E-state index in [2.05, 4.69) is 6.08 Å². The number of aliphatic hydroxyl groups is 2. The number of allylic oxidation sites excluding steroid dienone is 2. The number of hydrogen-bond donors (Lipinski definition) is 2. The Hall–Kier alpha value is -1.65. The smallest absolute Gasteiger partial charge is 0.222 e. The van der Waals surface area contributed by atoms with E-state index in [0.717, 1.165) is 43.2 Å². The number of rotatable bonds is 7. The van der Waals surface area contributed by atoms with Gasteiger partial charge in [0.2, 0.25) is 5.91 Å². The van der Waals surface area contributed by atoms with Crippen molar-refractivity contribution in [2.24, 2.45) is 17.8 Å². The van der Waals surface area contributed by atoms with Crippen molar-refractivity contribution >= 4 is 5.91 Å². The number of fused-ring (bicyclic) bond motifs is 1. The molecule has 0 heterocycles. The van der Waals surface area contributed by atoms with Gasteiger partial charge in [-0.05, 0) is 56.4 Å². The van der Waals surface area contributed by atoms with Crippen molar-refractivity contribution in [1.29, 1.82) is 0 Å². The van der Waals surface area contributed by atoms with Crippen LogP contribution in [0.25, 0.3) is 0 Å². The van der Waals surface area contributed by atoms with E-state index in [4.69, 9.17) is 0 Å². The fraction of sp³-hybridized carbons (Fsp3) is 0.609. The van der Waals surface area contributed by atoms with Crippen molar-refractivity contribution in [2.75, 3.05) is 14.1 Å². The quantitative estimate of drug-likeness (QED) is 0.568. The standard InChI is InChI=1S/C23H33NO3/c1-15-7-6-9-17(11-15)23(27)22-19-13-16(12-18(19)14-20(22)25)8-4-5-10-21(26)24(2)3/h6-7,9,11-12,18-20,22-23,25,27H,4-5,8,10,13-14H2,1-3H3/t18-,19-,20+,22+,23+/m0/s1. The summed E-state index contributed by atoms with van der Waals surface area (Å²) >= 11 is 0. The summed E-state index contributed by atoms with van der Waals surface area (Å²) in [5.74, 6) is 0.800. The number of amides is 1. The molecule has 2 aliphatic rings. The summed E-state index contributed by atoms with van der Waals surface area (Å²) in [6, 6.07) is 7.99. The first-order chi connectivity index (χ1) is 12.9. The Morgan fingerprint density at radius 1 is 1.30 bits per heavy atom. The van der Waals surface area contributed by atoms with Gasteiger partial charge in [-0.3, -0.25) is 4.79 Å². The molecule has 1 amide bonds. The normalized spacial score (nSPS) is 28.0. The molecule has 1 aromatic rings. The molecule has 3 rings (SSSR count). The van der Waals surface area contributed by atoms with E-state index in [9.17, 15) is 15.0 Å². The van der Waals surface area contributed by atoms with Crippen LogP contribution in [0, 0.1) is 24.7 Å². The second-order valence-electron chi connectivity index (χ2n) is 8.59. The van der Waals surface area contributed by atoms with Crippen LogP contribution in [0.4, 0.5) is 0 Å². The minimum absolute atomic E-state index is 0.0964. The second-order valence-corrected chi connectivity index (χ2v) is 8.59. The first-order valence-corrected chi connectivity index (χ1v) is 10.2. The van der Waals surface area contributed by atoms with Crippen LogP contribution < -0.4 is 0 Å². The molecule has 0 radical (unpaired) electrons. The van der Waals surface area contributed by atoms with Gasteiger partial charge in [-0.1, -0.05) is 41.5 Å². The first-order valence-electron chi connectivity index (χ1n) is 10.2. The van der Waals surface area contributed by atoms with E-state index in [1.165, 1.54) is 5.57 Å². The van der Waals surface area contributed by atoms with Crippen LogP contribution in [0.1, 0.15) is 55.8 Å². The van der Waals surface area contributed by atoms with E-state index < -0.39 is 12.2 Å². The van der Waals surface area contributed by atoms with Gasteiger partial charge in [0.15, 0.2) is 0 Å². The highest BCUT2D eigenvalue weighted by Gasteiger charge is 2.47. The number of benzene rings is 1. The van der Waals surface area contributed by atoms with Gasteiger partial charge in [-0.15, -0.1) is 0 Å². The van der Waals surface area contributed by atoms with Gasteiger partial charge < -0.3 is 15.1 Å². The minimum atomic E-state index is -0.611. The molecule has 1 saturated carbocycles. The van der Waals surface area contributed by atoms with Crippen molar-refractivity contribution in [3.8, 4) is 0 Å². The van der Waals surface area contributed by atoms with Crippen LogP contribution in [-0.2, 0) is 4.79 Å². The third-order valence-electron chi connectivity index (χ3n) is 6.34. The zero-order valence-corrected chi connectivity index (χ0v) is 16.8. The van der Waals surface area contributed by atoms with Crippen LogP contribution in [0.3, 0.4) is 0 Å². The first kappa shape index (κ1) is 20.1. The van der Waals surface area contributed by atoms with E-state index in [0.29, 0.717) is 18.3 Å². The number of hydrogen-bond acceptors (Lipinski definition) is 3. The molecule has 5 atom stereocenters. The van der Waals surface area contributed by atoms with Crippen molar-refractivity contribution < 1.29 is 15.0 Å². The van der Waals surface area contributed by atoms with Crippen molar-refractivity contribution in [3.63, 3.8) is 0 Å². The molecule has 0 spiro atoms. The number of aliphatic hydroxyl groups excluding tert-OH is 2. The summed E-state index contributed by atoms with van der Waals surface area (Å²) in [7, 11) is 3.60. The average Bonchev–Trinajstić information content (AvgIpc) is 3.13. The molecular weight excluding hydrogens is 338 g/mol. The fourth-order valence-corrected chi connectivity index (χ4v) is 4.89.